The molecule has 0 aliphatic carbocycles. The molecule has 36 heavy (non-hydrogen) atoms. The summed E-state index contributed by atoms with van der Waals surface area (Å²) in [5, 5.41) is 5.41. The van der Waals surface area contributed by atoms with Gasteiger partial charge in [0.25, 0.3) is 0 Å². The number of ether oxygens (including phenoxy) is 2. The number of hydrogen-bond donors (Lipinski definition) is 2. The zero-order chi connectivity index (χ0) is 26.6. The Morgan fingerprint density at radius 1 is 0.917 bits per heavy atom. The van der Waals surface area contributed by atoms with Crippen LogP contribution in [0.3, 0.4) is 0 Å². The number of benzene rings is 2. The number of nitrogens with zero attached hydrogens (tertiary/aromatic N) is 1. The molecule has 0 spiro atoms. The SMILES string of the molecule is CCOC(=O)CNC(=O)C(C[Se]c1ccccc1)N(C(=O)CNC(=O)OC(C)(C)C)c1ccccc1. The third-order valence-corrected chi connectivity index (χ3v) is 6.85. The van der Waals surface area contributed by atoms with Gasteiger partial charge in [0.1, 0.15) is 0 Å². The molecule has 1 unspecified atom stereocenters. The van der Waals surface area contributed by atoms with Crippen molar-refractivity contribution in [3.8, 4) is 0 Å². The fourth-order valence-electron chi connectivity index (χ4n) is 3.08. The first kappa shape index (κ1) is 28.9. The normalized spacial score (nSPS) is 11.7. The van der Waals surface area contributed by atoms with Gasteiger partial charge in [-0.1, -0.05) is 0 Å². The molecule has 2 aromatic carbocycles. The third-order valence-electron chi connectivity index (χ3n) is 4.56. The van der Waals surface area contributed by atoms with Crippen LogP contribution in [-0.2, 0) is 23.9 Å². The van der Waals surface area contributed by atoms with Crippen molar-refractivity contribution in [1.82, 2.24) is 10.6 Å². The maximum absolute atomic E-state index is 13.4. The van der Waals surface area contributed by atoms with E-state index < -0.39 is 35.5 Å². The average molecular weight is 563 g/mol. The molecule has 10 heteroatoms. The van der Waals surface area contributed by atoms with Crippen molar-refractivity contribution in [2.24, 2.45) is 0 Å². The van der Waals surface area contributed by atoms with Gasteiger partial charge in [0.05, 0.1) is 0 Å². The molecule has 0 bridgehead atoms. The summed E-state index contributed by atoms with van der Waals surface area (Å²) in [5.74, 6) is -1.55. The van der Waals surface area contributed by atoms with Gasteiger partial charge >= 0.3 is 218 Å². The Morgan fingerprint density at radius 2 is 1.53 bits per heavy atom. The Kier molecular flexibility index (Phi) is 11.4. The van der Waals surface area contributed by atoms with Crippen molar-refractivity contribution in [2.45, 2.75) is 44.7 Å². The third kappa shape index (κ3) is 10.1. The number of anilines is 1. The topological polar surface area (TPSA) is 114 Å². The molecular formula is C26H33N3O6Se. The van der Waals surface area contributed by atoms with E-state index in [1.807, 2.05) is 30.3 Å². The number of alkyl carbamates (subject to hydrolysis) is 1. The van der Waals surface area contributed by atoms with E-state index >= 15 is 0 Å². The number of carbonyl (C=O) groups is 4. The summed E-state index contributed by atoms with van der Waals surface area (Å²) in [6.07, 6.45) is -0.735. The van der Waals surface area contributed by atoms with Crippen LogP contribution in [0.15, 0.2) is 60.7 Å². The van der Waals surface area contributed by atoms with Crippen molar-refractivity contribution in [1.29, 1.82) is 0 Å². The van der Waals surface area contributed by atoms with Crippen LogP contribution in [0.1, 0.15) is 27.7 Å². The second-order valence-electron chi connectivity index (χ2n) is 8.62. The zero-order valence-electron chi connectivity index (χ0n) is 21.0. The fourth-order valence-corrected chi connectivity index (χ4v) is 5.18. The molecule has 0 fully saturated rings. The Balaban J connectivity index is 2.29. The molecular weight excluding hydrogens is 529 g/mol. The minimum atomic E-state index is -0.921. The van der Waals surface area contributed by atoms with E-state index in [-0.39, 0.29) is 34.7 Å². The number of rotatable bonds is 11. The Hall–Kier alpha value is -3.36. The predicted octanol–water partition coefficient (Wildman–Crippen LogP) is 2.04. The van der Waals surface area contributed by atoms with Crippen LogP contribution in [0.4, 0.5) is 10.5 Å². The first-order chi connectivity index (χ1) is 17.1. The molecule has 0 aromatic heterocycles. The van der Waals surface area contributed by atoms with Crippen LogP contribution in [0.5, 0.6) is 0 Å². The van der Waals surface area contributed by atoms with Gasteiger partial charge in [0.2, 0.25) is 0 Å². The first-order valence-electron chi connectivity index (χ1n) is 11.6. The summed E-state index contributed by atoms with van der Waals surface area (Å²) in [5.41, 5.74) is -0.228. The minimum absolute atomic E-state index is 0.154. The first-order valence-corrected chi connectivity index (χ1v) is 13.6. The standard InChI is InChI=1S/C26H33N3O6Se/c1-5-34-23(31)17-27-24(32)21(18-36-20-14-10-7-11-15-20)29(19-12-8-6-9-13-19)22(30)16-28-25(33)35-26(2,3)4/h6-15,21H,5,16-18H2,1-4H3,(H,27,32)(H,28,33). The van der Waals surface area contributed by atoms with Crippen molar-refractivity contribution < 1.29 is 28.7 Å². The second kappa shape index (κ2) is 14.3. The fraction of sp³-hybridized carbons (Fsp3) is 0.385. The van der Waals surface area contributed by atoms with Gasteiger partial charge in [-0.25, -0.2) is 0 Å². The monoisotopic (exact) mass is 563 g/mol. The van der Waals surface area contributed by atoms with Crippen molar-refractivity contribution >= 4 is 49.0 Å². The average Bonchev–Trinajstić information content (AvgIpc) is 2.84. The van der Waals surface area contributed by atoms with Gasteiger partial charge in [-0.15, -0.1) is 0 Å². The molecule has 0 aliphatic heterocycles. The van der Waals surface area contributed by atoms with Crippen molar-refractivity contribution in [3.05, 3.63) is 60.7 Å². The van der Waals surface area contributed by atoms with Gasteiger partial charge in [0.15, 0.2) is 0 Å². The zero-order valence-corrected chi connectivity index (χ0v) is 22.7. The van der Waals surface area contributed by atoms with Crippen LogP contribution in [0, 0.1) is 0 Å². The molecule has 9 nitrogen and oxygen atoms in total. The van der Waals surface area contributed by atoms with Crippen LogP contribution < -0.4 is 20.0 Å². The number of amides is 3. The molecule has 2 rings (SSSR count). The quantitative estimate of drug-likeness (QED) is 0.320. The number of hydrogen-bond acceptors (Lipinski definition) is 6. The van der Waals surface area contributed by atoms with Gasteiger partial charge in [-0.3, -0.25) is 0 Å². The van der Waals surface area contributed by atoms with Gasteiger partial charge in [-0.2, -0.15) is 0 Å². The molecule has 3 amide bonds. The molecule has 0 radical (unpaired) electrons. The van der Waals surface area contributed by atoms with Gasteiger partial charge in [-0.05, 0) is 0 Å². The van der Waals surface area contributed by atoms with E-state index in [4.69, 9.17) is 9.47 Å². The summed E-state index contributed by atoms with van der Waals surface area (Å²) in [7, 11) is 0. The summed E-state index contributed by atoms with van der Waals surface area (Å²) >= 11 is -0.154. The van der Waals surface area contributed by atoms with E-state index in [0.717, 1.165) is 4.46 Å². The van der Waals surface area contributed by atoms with Gasteiger partial charge < -0.3 is 0 Å². The molecule has 0 aliphatic rings. The van der Waals surface area contributed by atoms with Crippen LogP contribution in [0.25, 0.3) is 0 Å². The summed E-state index contributed by atoms with van der Waals surface area (Å²) in [4.78, 5) is 52.1. The van der Waals surface area contributed by atoms with E-state index in [2.05, 4.69) is 10.6 Å². The van der Waals surface area contributed by atoms with Crippen LogP contribution >= 0.6 is 0 Å². The van der Waals surface area contributed by atoms with E-state index in [9.17, 15) is 19.2 Å². The summed E-state index contributed by atoms with van der Waals surface area (Å²) in [6.45, 7) is 6.36. The number of nitrogens with one attached hydrogen (secondary N) is 2. The molecule has 2 aromatic rings. The van der Waals surface area contributed by atoms with E-state index in [0.29, 0.717) is 11.0 Å². The van der Waals surface area contributed by atoms with Crippen LogP contribution in [0.2, 0.25) is 5.32 Å². The second-order valence-corrected chi connectivity index (χ2v) is 10.9. The predicted molar refractivity (Wildman–Crippen MR) is 138 cm³/mol. The summed E-state index contributed by atoms with van der Waals surface area (Å²) < 4.78 is 11.2. The summed E-state index contributed by atoms with van der Waals surface area (Å²) in [6, 6.07) is 17.5. The number of para-hydroxylation sites is 1. The van der Waals surface area contributed by atoms with Crippen molar-refractivity contribution in [3.63, 3.8) is 0 Å². The molecule has 194 valence electrons. The Bertz CT molecular complexity index is 1010. The van der Waals surface area contributed by atoms with Crippen LogP contribution in [-0.4, -0.2) is 70.2 Å². The Morgan fingerprint density at radius 3 is 2.11 bits per heavy atom. The molecule has 0 saturated carbocycles. The van der Waals surface area contributed by atoms with Crippen molar-refractivity contribution in [2.75, 3.05) is 24.6 Å². The molecule has 0 heterocycles. The molecule has 0 saturated heterocycles. The molecule has 2 N–H and O–H groups in total. The molecule has 1 atom stereocenters. The maximum atomic E-state index is 13.4. The van der Waals surface area contributed by atoms with Gasteiger partial charge in [0, 0.05) is 0 Å². The Labute approximate surface area is 218 Å². The number of carbonyl (C=O) groups excluding carboxylic acids is 4. The van der Waals surface area contributed by atoms with E-state index in [1.165, 1.54) is 4.90 Å². The number of esters is 1. The van der Waals surface area contributed by atoms with E-state index in [1.54, 1.807) is 58.0 Å².